The molecule has 3 heteroatoms. The van der Waals surface area contributed by atoms with Gasteiger partial charge in [-0.05, 0) is 45.2 Å². The average Bonchev–Trinajstić information content (AvgIpc) is 2.01. The van der Waals surface area contributed by atoms with E-state index in [1.165, 1.54) is 31.7 Å². The van der Waals surface area contributed by atoms with E-state index in [4.69, 9.17) is 4.43 Å². The Morgan fingerprint density at radius 3 is 2.14 bits per heavy atom. The second-order valence-corrected chi connectivity index (χ2v) is 9.52. The molecule has 1 nitrogen and oxygen atoms in total. The maximum atomic E-state index is 5.97. The molecular weight excluding hydrogens is 208 g/mol. The molecule has 0 aromatic carbocycles. The van der Waals surface area contributed by atoms with Gasteiger partial charge in [-0.2, -0.15) is 12.6 Å². The van der Waals surface area contributed by atoms with Gasteiger partial charge in [-0.3, -0.25) is 0 Å². The molecule has 0 saturated heterocycles. The van der Waals surface area contributed by atoms with E-state index in [9.17, 15) is 0 Å². The zero-order chi connectivity index (χ0) is 11.0. The molecule has 0 bridgehead atoms. The van der Waals surface area contributed by atoms with Crippen LogP contribution < -0.4 is 0 Å². The summed E-state index contributed by atoms with van der Waals surface area (Å²) in [6.45, 7) is 8.92. The maximum absolute atomic E-state index is 5.97. The van der Waals surface area contributed by atoms with Gasteiger partial charge < -0.3 is 4.43 Å². The molecule has 0 atom stereocenters. The second kappa shape index (κ2) is 7.77. The number of hydrogen-bond donors (Lipinski definition) is 1. The van der Waals surface area contributed by atoms with E-state index in [1.54, 1.807) is 0 Å². The Balaban J connectivity index is 3.45. The van der Waals surface area contributed by atoms with Crippen molar-refractivity contribution in [2.24, 2.45) is 0 Å². The summed E-state index contributed by atoms with van der Waals surface area (Å²) in [5.74, 6) is 1.03. The van der Waals surface area contributed by atoms with Crippen LogP contribution in [0.25, 0.3) is 0 Å². The lowest BCUT2D eigenvalue weighted by atomic mass is 10.2. The van der Waals surface area contributed by atoms with E-state index in [-0.39, 0.29) is 0 Å². The highest BCUT2D eigenvalue weighted by Gasteiger charge is 2.22. The second-order valence-electron chi connectivity index (χ2n) is 4.81. The smallest absolute Gasteiger partial charge is 0.187 e. The minimum atomic E-state index is -1.35. The monoisotopic (exact) mass is 234 g/mol. The zero-order valence-corrected chi connectivity index (χ0v) is 12.1. The van der Waals surface area contributed by atoms with Gasteiger partial charge in [0.15, 0.2) is 8.32 Å². The van der Waals surface area contributed by atoms with Gasteiger partial charge in [0.25, 0.3) is 0 Å². The minimum Gasteiger partial charge on any atom is -0.415 e. The van der Waals surface area contributed by atoms with Gasteiger partial charge in [0, 0.05) is 6.10 Å². The summed E-state index contributed by atoms with van der Waals surface area (Å²) in [6, 6.07) is 1.30. The third-order valence-corrected chi connectivity index (χ3v) is 5.23. The SMILES string of the molecule is CC(C)O[Si](C)(C)CCCCCCS. The lowest BCUT2D eigenvalue weighted by Gasteiger charge is -2.25. The molecule has 0 rings (SSSR count). The molecule has 0 N–H and O–H groups in total. The van der Waals surface area contributed by atoms with Crippen LogP contribution in [0.3, 0.4) is 0 Å². The fourth-order valence-electron chi connectivity index (χ4n) is 1.71. The Morgan fingerprint density at radius 2 is 1.64 bits per heavy atom. The first-order chi connectivity index (χ1) is 6.48. The molecule has 0 aliphatic carbocycles. The van der Waals surface area contributed by atoms with Gasteiger partial charge in [0.05, 0.1) is 0 Å². The first-order valence-electron chi connectivity index (χ1n) is 5.76. The van der Waals surface area contributed by atoms with Crippen LogP contribution in [-0.2, 0) is 4.43 Å². The highest BCUT2D eigenvalue weighted by Crippen LogP contribution is 2.18. The number of hydrogen-bond acceptors (Lipinski definition) is 2. The highest BCUT2D eigenvalue weighted by atomic mass is 32.1. The van der Waals surface area contributed by atoms with Gasteiger partial charge in [-0.15, -0.1) is 0 Å². The third-order valence-electron chi connectivity index (χ3n) is 2.24. The Bertz CT molecular complexity index is 137. The molecule has 0 heterocycles. The van der Waals surface area contributed by atoms with Gasteiger partial charge in [0.1, 0.15) is 0 Å². The molecular formula is C11H26OSSi. The van der Waals surface area contributed by atoms with Crippen LogP contribution in [0.5, 0.6) is 0 Å². The van der Waals surface area contributed by atoms with Crippen molar-refractivity contribution < 1.29 is 4.43 Å². The molecule has 0 saturated carbocycles. The molecule has 0 aromatic heterocycles. The first-order valence-corrected chi connectivity index (χ1v) is 9.51. The third kappa shape index (κ3) is 9.10. The molecule has 0 aromatic rings. The van der Waals surface area contributed by atoms with Crippen molar-refractivity contribution in [3.8, 4) is 0 Å². The lowest BCUT2D eigenvalue weighted by molar-refractivity contribution is 0.230. The number of unbranched alkanes of at least 4 members (excludes halogenated alkanes) is 3. The predicted molar refractivity (Wildman–Crippen MR) is 70.8 cm³/mol. The summed E-state index contributed by atoms with van der Waals surface area (Å²) in [5, 5.41) is 0. The molecule has 0 amide bonds. The van der Waals surface area contributed by atoms with Crippen molar-refractivity contribution in [2.75, 3.05) is 5.75 Å². The van der Waals surface area contributed by atoms with E-state index >= 15 is 0 Å². The van der Waals surface area contributed by atoms with Crippen molar-refractivity contribution in [3.63, 3.8) is 0 Å². The maximum Gasteiger partial charge on any atom is 0.187 e. The summed E-state index contributed by atoms with van der Waals surface area (Å²) in [7, 11) is -1.35. The highest BCUT2D eigenvalue weighted by molar-refractivity contribution is 7.80. The lowest BCUT2D eigenvalue weighted by Crippen LogP contribution is -2.33. The van der Waals surface area contributed by atoms with Gasteiger partial charge in [-0.25, -0.2) is 0 Å². The summed E-state index contributed by atoms with van der Waals surface area (Å²) in [4.78, 5) is 0. The molecule has 0 aliphatic heterocycles. The van der Waals surface area contributed by atoms with E-state index in [1.807, 2.05) is 0 Å². The zero-order valence-electron chi connectivity index (χ0n) is 10.2. The molecule has 0 fully saturated rings. The fraction of sp³-hybridized carbons (Fsp3) is 1.00. The van der Waals surface area contributed by atoms with Crippen LogP contribution in [0.4, 0.5) is 0 Å². The van der Waals surface area contributed by atoms with Crippen molar-refractivity contribution in [1.82, 2.24) is 0 Å². The van der Waals surface area contributed by atoms with Crippen LogP contribution in [0.2, 0.25) is 19.1 Å². The number of thiol groups is 1. The summed E-state index contributed by atoms with van der Waals surface area (Å²) in [6.07, 6.45) is 5.67. The Labute approximate surface area is 96.2 Å². The summed E-state index contributed by atoms with van der Waals surface area (Å²) >= 11 is 4.21. The van der Waals surface area contributed by atoms with Crippen molar-refractivity contribution in [2.45, 2.75) is 64.8 Å². The predicted octanol–water partition coefficient (Wildman–Crippen LogP) is 4.11. The molecule has 0 spiro atoms. The van der Waals surface area contributed by atoms with Gasteiger partial charge >= 0.3 is 0 Å². The Hall–Kier alpha value is 0.527. The van der Waals surface area contributed by atoms with Gasteiger partial charge in [-0.1, -0.05) is 19.3 Å². The molecule has 0 unspecified atom stereocenters. The summed E-state index contributed by atoms with van der Waals surface area (Å²) in [5.41, 5.74) is 0. The Kier molecular flexibility index (Phi) is 8.06. The minimum absolute atomic E-state index is 0.397. The van der Waals surface area contributed by atoms with Crippen molar-refractivity contribution in [3.05, 3.63) is 0 Å². The van der Waals surface area contributed by atoms with Crippen molar-refractivity contribution in [1.29, 1.82) is 0 Å². The Morgan fingerprint density at radius 1 is 1.07 bits per heavy atom. The molecule has 14 heavy (non-hydrogen) atoms. The first kappa shape index (κ1) is 14.5. The molecule has 0 aliphatic rings. The van der Waals surface area contributed by atoms with E-state index in [2.05, 4.69) is 39.6 Å². The topological polar surface area (TPSA) is 9.23 Å². The van der Waals surface area contributed by atoms with E-state index in [0.717, 1.165) is 5.75 Å². The number of rotatable bonds is 8. The normalized spacial score (nSPS) is 12.4. The van der Waals surface area contributed by atoms with Crippen LogP contribution >= 0.6 is 12.6 Å². The fourth-order valence-corrected chi connectivity index (χ4v) is 4.43. The molecule has 86 valence electrons. The summed E-state index contributed by atoms with van der Waals surface area (Å²) < 4.78 is 5.97. The van der Waals surface area contributed by atoms with Crippen LogP contribution in [0.1, 0.15) is 39.5 Å². The van der Waals surface area contributed by atoms with E-state index < -0.39 is 8.32 Å². The average molecular weight is 234 g/mol. The van der Waals surface area contributed by atoms with Crippen LogP contribution in [-0.4, -0.2) is 20.2 Å². The standard InChI is InChI=1S/C11H26OSSi/c1-11(2)12-14(3,4)10-8-6-5-7-9-13/h11,13H,5-10H2,1-4H3. The quantitative estimate of drug-likeness (QED) is 0.378. The largest absolute Gasteiger partial charge is 0.415 e. The van der Waals surface area contributed by atoms with Gasteiger partial charge in [0.2, 0.25) is 0 Å². The van der Waals surface area contributed by atoms with E-state index in [0.29, 0.717) is 6.10 Å². The molecule has 0 radical (unpaired) electrons. The van der Waals surface area contributed by atoms with Crippen LogP contribution in [0, 0.1) is 0 Å². The van der Waals surface area contributed by atoms with Crippen molar-refractivity contribution >= 4 is 20.9 Å². The van der Waals surface area contributed by atoms with Crippen LogP contribution in [0.15, 0.2) is 0 Å².